The fourth-order valence-electron chi connectivity index (χ4n) is 2.77. The van der Waals surface area contributed by atoms with E-state index < -0.39 is 28.8 Å². The fourth-order valence-corrected chi connectivity index (χ4v) is 3.77. The van der Waals surface area contributed by atoms with Crippen molar-refractivity contribution in [3.05, 3.63) is 70.0 Å². The van der Waals surface area contributed by atoms with Crippen LogP contribution >= 0.6 is 23.4 Å². The van der Waals surface area contributed by atoms with Crippen LogP contribution in [-0.2, 0) is 11.4 Å². The van der Waals surface area contributed by atoms with E-state index >= 15 is 0 Å². The molecule has 12 heteroatoms. The van der Waals surface area contributed by atoms with E-state index in [0.29, 0.717) is 16.1 Å². The number of rotatable bonds is 4. The minimum atomic E-state index is -4.72. The number of nitrogens with one attached hydrogen (secondary N) is 1. The number of alkyl halides is 3. The van der Waals surface area contributed by atoms with Gasteiger partial charge in [0.05, 0.1) is 10.6 Å². The second-order valence-electron chi connectivity index (χ2n) is 6.49. The van der Waals surface area contributed by atoms with Crippen LogP contribution in [0.25, 0.3) is 6.08 Å². The Morgan fingerprint density at radius 3 is 2.66 bits per heavy atom. The molecule has 1 N–H and O–H groups in total. The number of nitrogens with zero attached hydrogens (tertiary/aromatic N) is 3. The van der Waals surface area contributed by atoms with Crippen LogP contribution in [0.5, 0.6) is 5.75 Å². The van der Waals surface area contributed by atoms with E-state index in [1.165, 1.54) is 30.3 Å². The molecule has 2 aliphatic heterocycles. The largest absolute Gasteiger partial charge is 0.487 e. The smallest absolute Gasteiger partial charge is 0.441 e. The maximum Gasteiger partial charge on any atom is 0.441 e. The average Bonchev–Trinajstić information content (AvgIpc) is 3.16. The number of carbonyl (C=O) groups is 1. The number of amides is 1. The number of halogens is 5. The third-order valence-electron chi connectivity index (χ3n) is 4.30. The van der Waals surface area contributed by atoms with Crippen LogP contribution < -0.4 is 4.74 Å². The van der Waals surface area contributed by atoms with Gasteiger partial charge in [0.2, 0.25) is 10.2 Å². The number of hydrogen-bond acceptors (Lipinski definition) is 5. The first-order valence-corrected chi connectivity index (χ1v) is 10.1. The number of hydrogen-bond donors (Lipinski definition) is 1. The van der Waals surface area contributed by atoms with Crippen LogP contribution in [0.3, 0.4) is 0 Å². The van der Waals surface area contributed by atoms with Crippen LogP contribution in [0.4, 0.5) is 17.6 Å². The molecule has 2 aliphatic rings. The number of hydrazone groups is 1. The zero-order chi connectivity index (χ0) is 23.0. The summed E-state index contributed by atoms with van der Waals surface area (Å²) >= 11 is 6.38. The molecule has 0 saturated heterocycles. The van der Waals surface area contributed by atoms with Gasteiger partial charge in [0.25, 0.3) is 5.91 Å². The number of aliphatic imine (C=N–C) groups is 1. The van der Waals surface area contributed by atoms with Crippen LogP contribution in [-0.4, -0.2) is 33.1 Å². The molecule has 4 rings (SSSR count). The van der Waals surface area contributed by atoms with Crippen molar-refractivity contribution in [2.75, 3.05) is 0 Å². The molecule has 0 unspecified atom stereocenters. The SMILES string of the molecule is N=C1/C(=C/c2ccc(OCc3ccccc3F)c(Cl)c2)C(=O)N=C2SC(C(F)(F)F)=NN12. The number of benzene rings is 2. The van der Waals surface area contributed by atoms with E-state index in [-0.39, 0.29) is 39.9 Å². The Morgan fingerprint density at radius 2 is 1.97 bits per heavy atom. The summed E-state index contributed by atoms with van der Waals surface area (Å²) < 4.78 is 57.9. The van der Waals surface area contributed by atoms with Crippen LogP contribution in [0.15, 0.2) is 58.1 Å². The molecule has 32 heavy (non-hydrogen) atoms. The molecule has 2 aromatic carbocycles. The minimum Gasteiger partial charge on any atom is -0.487 e. The highest BCUT2D eigenvalue weighted by Gasteiger charge is 2.46. The molecule has 0 fully saturated rings. The van der Waals surface area contributed by atoms with Gasteiger partial charge < -0.3 is 4.74 Å². The zero-order valence-electron chi connectivity index (χ0n) is 15.8. The lowest BCUT2D eigenvalue weighted by Crippen LogP contribution is -2.35. The first-order chi connectivity index (χ1) is 15.1. The summed E-state index contributed by atoms with van der Waals surface area (Å²) in [7, 11) is 0. The van der Waals surface area contributed by atoms with Crippen molar-refractivity contribution in [2.24, 2.45) is 10.1 Å². The Hall–Kier alpha value is -3.18. The van der Waals surface area contributed by atoms with Gasteiger partial charge in [0.15, 0.2) is 5.84 Å². The third-order valence-corrected chi connectivity index (χ3v) is 5.55. The molecule has 0 aromatic heterocycles. The lowest BCUT2D eigenvalue weighted by molar-refractivity contribution is -0.114. The predicted octanol–water partition coefficient (Wildman–Crippen LogP) is 5.24. The van der Waals surface area contributed by atoms with Gasteiger partial charge in [-0.2, -0.15) is 28.3 Å². The van der Waals surface area contributed by atoms with Crippen molar-refractivity contribution in [2.45, 2.75) is 12.8 Å². The molecule has 0 saturated carbocycles. The van der Waals surface area contributed by atoms with E-state index in [1.54, 1.807) is 18.2 Å². The van der Waals surface area contributed by atoms with Gasteiger partial charge in [-0.3, -0.25) is 10.2 Å². The fraction of sp³-hybridized carbons (Fsp3) is 0.100. The highest BCUT2D eigenvalue weighted by atomic mass is 35.5. The van der Waals surface area contributed by atoms with Crippen LogP contribution in [0, 0.1) is 11.2 Å². The molecule has 1 amide bonds. The second kappa shape index (κ2) is 8.40. The second-order valence-corrected chi connectivity index (χ2v) is 7.86. The van der Waals surface area contributed by atoms with Crippen molar-refractivity contribution >= 4 is 51.4 Å². The third kappa shape index (κ3) is 4.39. The molecular formula is C20H11ClF4N4O2S. The predicted molar refractivity (Wildman–Crippen MR) is 113 cm³/mol. The summed E-state index contributed by atoms with van der Waals surface area (Å²) in [5.41, 5.74) is 0.469. The van der Waals surface area contributed by atoms with Crippen LogP contribution in [0.2, 0.25) is 5.02 Å². The molecule has 2 aromatic rings. The lowest BCUT2D eigenvalue weighted by atomic mass is 10.1. The molecular weight excluding hydrogens is 472 g/mol. The number of ether oxygens (including phenoxy) is 1. The van der Waals surface area contributed by atoms with Gasteiger partial charge >= 0.3 is 6.18 Å². The Balaban J connectivity index is 1.55. The zero-order valence-corrected chi connectivity index (χ0v) is 17.4. The summed E-state index contributed by atoms with van der Waals surface area (Å²) in [5, 5.41) is 10.7. The Bertz CT molecular complexity index is 1230. The van der Waals surface area contributed by atoms with E-state index in [0.717, 1.165) is 0 Å². The maximum atomic E-state index is 13.7. The highest BCUT2D eigenvalue weighted by Crippen LogP contribution is 2.35. The van der Waals surface area contributed by atoms with Gasteiger partial charge in [-0.1, -0.05) is 35.9 Å². The summed E-state index contributed by atoms with van der Waals surface area (Å²) in [5.74, 6) is -1.57. The summed E-state index contributed by atoms with van der Waals surface area (Å²) in [6, 6.07) is 10.6. The van der Waals surface area contributed by atoms with Crippen LogP contribution in [0.1, 0.15) is 11.1 Å². The van der Waals surface area contributed by atoms with Crippen molar-refractivity contribution in [1.82, 2.24) is 5.01 Å². The average molecular weight is 483 g/mol. The van der Waals surface area contributed by atoms with Crippen molar-refractivity contribution in [3.63, 3.8) is 0 Å². The minimum absolute atomic E-state index is 0.0559. The molecule has 6 nitrogen and oxygen atoms in total. The van der Waals surface area contributed by atoms with E-state index in [4.69, 9.17) is 21.7 Å². The van der Waals surface area contributed by atoms with Gasteiger partial charge in [-0.15, -0.1) is 0 Å². The van der Waals surface area contributed by atoms with E-state index in [2.05, 4.69) is 10.1 Å². The number of thioether (sulfide) groups is 1. The van der Waals surface area contributed by atoms with E-state index in [1.807, 2.05) is 0 Å². The standard InChI is InChI=1S/C20H11ClF4N4O2S/c21-13-8-10(5-6-15(13)31-9-11-3-1-2-4-14(11)22)7-12-16(26)29-19(27-17(12)30)32-18(28-29)20(23,24)25/h1-8,26H,9H2/b12-7-,26-16?. The number of fused-ring (bicyclic) bond motifs is 1. The molecule has 0 bridgehead atoms. The van der Waals surface area contributed by atoms with Crippen molar-refractivity contribution < 1.29 is 27.1 Å². The molecule has 0 atom stereocenters. The normalized spacial score (nSPS) is 17.4. The van der Waals surface area contributed by atoms with E-state index in [9.17, 15) is 22.4 Å². The summed E-state index contributed by atoms with van der Waals surface area (Å²) in [6.45, 7) is -0.0559. The Morgan fingerprint density at radius 1 is 1.22 bits per heavy atom. The quantitative estimate of drug-likeness (QED) is 0.477. The molecule has 164 valence electrons. The van der Waals surface area contributed by atoms with Gasteiger partial charge in [0, 0.05) is 5.56 Å². The molecule has 2 heterocycles. The highest BCUT2D eigenvalue weighted by molar-refractivity contribution is 8.27. The van der Waals surface area contributed by atoms with Crippen molar-refractivity contribution in [3.8, 4) is 5.75 Å². The first kappa shape index (κ1) is 22.0. The summed E-state index contributed by atoms with van der Waals surface area (Å²) in [6.07, 6.45) is -3.45. The van der Waals surface area contributed by atoms with Gasteiger partial charge in [-0.05, 0) is 41.6 Å². The first-order valence-electron chi connectivity index (χ1n) is 8.86. The maximum absolute atomic E-state index is 13.7. The van der Waals surface area contributed by atoms with Crippen molar-refractivity contribution in [1.29, 1.82) is 5.41 Å². The molecule has 0 aliphatic carbocycles. The Kier molecular flexibility index (Phi) is 5.78. The Labute approximate surface area is 187 Å². The van der Waals surface area contributed by atoms with Gasteiger partial charge in [-0.25, -0.2) is 4.39 Å². The van der Waals surface area contributed by atoms with Gasteiger partial charge in [0.1, 0.15) is 18.2 Å². The summed E-state index contributed by atoms with van der Waals surface area (Å²) in [4.78, 5) is 15.9. The monoisotopic (exact) mass is 482 g/mol. The molecule has 0 radical (unpaired) electrons. The number of carbonyl (C=O) groups excluding carboxylic acids is 1. The lowest BCUT2D eigenvalue weighted by Gasteiger charge is -2.20. The topological polar surface area (TPSA) is 78.1 Å². The molecule has 0 spiro atoms. The number of amidine groups is 2.